The number of carbonyl (C=O) groups excluding carboxylic acids is 1. The molecule has 1 amide bonds. The molecule has 0 aliphatic heterocycles. The van der Waals surface area contributed by atoms with Crippen molar-refractivity contribution < 1.29 is 4.79 Å². The van der Waals surface area contributed by atoms with Crippen LogP contribution >= 0.6 is 11.6 Å². The van der Waals surface area contributed by atoms with E-state index < -0.39 is 22.9 Å². The summed E-state index contributed by atoms with van der Waals surface area (Å²) in [6.45, 7) is 1.87. The van der Waals surface area contributed by atoms with Crippen molar-refractivity contribution >= 4 is 17.5 Å². The standard InChI is InChI=1S/C24H20ClN5O3/c1-16-7-6-10-19(13-16)30-24(33)29(15-17-8-2-3-11-20(17)25)23(32)21(28-30)22(31)27-14-18-9-4-5-12-26-18/h2-13H,14-15H2,1H3,(H,27,31). The first-order valence-corrected chi connectivity index (χ1v) is 10.5. The quantitative estimate of drug-likeness (QED) is 0.476. The molecule has 4 aromatic rings. The van der Waals surface area contributed by atoms with E-state index >= 15 is 0 Å². The van der Waals surface area contributed by atoms with Crippen molar-refractivity contribution in [2.75, 3.05) is 0 Å². The van der Waals surface area contributed by atoms with Crippen LogP contribution in [0.2, 0.25) is 5.02 Å². The molecule has 9 heteroatoms. The van der Waals surface area contributed by atoms with E-state index in [9.17, 15) is 14.4 Å². The van der Waals surface area contributed by atoms with Gasteiger partial charge in [-0.15, -0.1) is 0 Å². The van der Waals surface area contributed by atoms with E-state index in [1.54, 1.807) is 66.9 Å². The molecule has 2 aromatic heterocycles. The molecule has 8 nitrogen and oxygen atoms in total. The summed E-state index contributed by atoms with van der Waals surface area (Å²) < 4.78 is 2.02. The number of carbonyl (C=O) groups is 1. The number of hydrogen-bond donors (Lipinski definition) is 1. The summed E-state index contributed by atoms with van der Waals surface area (Å²) in [5.41, 5.74) is 0.639. The van der Waals surface area contributed by atoms with Gasteiger partial charge in [0.25, 0.3) is 11.5 Å². The summed E-state index contributed by atoms with van der Waals surface area (Å²) >= 11 is 6.25. The minimum atomic E-state index is -0.803. The summed E-state index contributed by atoms with van der Waals surface area (Å²) in [7, 11) is 0. The van der Waals surface area contributed by atoms with Gasteiger partial charge in [-0.25, -0.2) is 4.79 Å². The number of nitrogens with one attached hydrogen (secondary N) is 1. The largest absolute Gasteiger partial charge is 0.352 e. The van der Waals surface area contributed by atoms with Crippen LogP contribution in [-0.4, -0.2) is 25.2 Å². The number of hydrogen-bond acceptors (Lipinski definition) is 5. The summed E-state index contributed by atoms with van der Waals surface area (Å²) in [4.78, 5) is 43.5. The summed E-state index contributed by atoms with van der Waals surface area (Å²) in [5, 5.41) is 7.18. The van der Waals surface area contributed by atoms with Crippen LogP contribution in [0.5, 0.6) is 0 Å². The molecular weight excluding hydrogens is 442 g/mol. The van der Waals surface area contributed by atoms with Crippen LogP contribution in [0, 0.1) is 6.92 Å². The highest BCUT2D eigenvalue weighted by molar-refractivity contribution is 6.31. The molecule has 166 valence electrons. The molecule has 0 spiro atoms. The fourth-order valence-electron chi connectivity index (χ4n) is 3.28. The second-order valence-electron chi connectivity index (χ2n) is 7.37. The maximum atomic E-state index is 13.2. The normalized spacial score (nSPS) is 10.7. The number of rotatable bonds is 6. The van der Waals surface area contributed by atoms with Gasteiger partial charge in [-0.1, -0.05) is 48.0 Å². The number of nitrogens with zero attached hydrogens (tertiary/aromatic N) is 4. The Labute approximate surface area is 194 Å². The fourth-order valence-corrected chi connectivity index (χ4v) is 3.47. The lowest BCUT2D eigenvalue weighted by molar-refractivity contribution is 0.0940. The number of aromatic nitrogens is 4. The molecule has 0 saturated heterocycles. The van der Waals surface area contributed by atoms with Crippen molar-refractivity contribution in [2.24, 2.45) is 0 Å². The first kappa shape index (κ1) is 22.2. The molecule has 0 atom stereocenters. The second-order valence-corrected chi connectivity index (χ2v) is 7.78. The van der Waals surface area contributed by atoms with Crippen molar-refractivity contribution in [1.82, 2.24) is 24.6 Å². The molecule has 0 unspecified atom stereocenters. The van der Waals surface area contributed by atoms with Gasteiger partial charge >= 0.3 is 5.69 Å². The maximum absolute atomic E-state index is 13.2. The van der Waals surface area contributed by atoms with Crippen LogP contribution in [0.4, 0.5) is 0 Å². The van der Waals surface area contributed by atoms with Crippen LogP contribution in [-0.2, 0) is 13.1 Å². The molecule has 2 heterocycles. The number of halogens is 1. The van der Waals surface area contributed by atoms with Gasteiger partial charge in [0.2, 0.25) is 5.69 Å². The van der Waals surface area contributed by atoms with E-state index in [1.165, 1.54) is 0 Å². The van der Waals surface area contributed by atoms with Crippen LogP contribution < -0.4 is 16.6 Å². The third-order valence-corrected chi connectivity index (χ3v) is 5.33. The van der Waals surface area contributed by atoms with Crippen molar-refractivity contribution in [3.05, 3.63) is 121 Å². The van der Waals surface area contributed by atoms with E-state index in [2.05, 4.69) is 15.4 Å². The Balaban J connectivity index is 1.80. The Hall–Kier alpha value is -4.04. The topological polar surface area (TPSA) is 98.9 Å². The molecule has 33 heavy (non-hydrogen) atoms. The summed E-state index contributed by atoms with van der Waals surface area (Å²) in [5.74, 6) is -0.708. The monoisotopic (exact) mass is 461 g/mol. The fraction of sp³-hybridized carbons (Fsp3) is 0.125. The van der Waals surface area contributed by atoms with Gasteiger partial charge in [-0.2, -0.15) is 9.78 Å². The van der Waals surface area contributed by atoms with E-state index in [-0.39, 0.29) is 13.1 Å². The van der Waals surface area contributed by atoms with Gasteiger partial charge in [0.05, 0.1) is 24.5 Å². The van der Waals surface area contributed by atoms with Crippen LogP contribution in [0.25, 0.3) is 5.69 Å². The van der Waals surface area contributed by atoms with Crippen molar-refractivity contribution in [3.8, 4) is 5.69 Å². The number of aryl methyl sites for hydroxylation is 1. The molecule has 0 fully saturated rings. The second kappa shape index (κ2) is 9.62. The zero-order valence-electron chi connectivity index (χ0n) is 17.7. The zero-order valence-corrected chi connectivity index (χ0v) is 18.5. The Morgan fingerprint density at radius 3 is 2.55 bits per heavy atom. The smallest absolute Gasteiger partial charge is 0.345 e. The first-order chi connectivity index (χ1) is 15.9. The minimum absolute atomic E-state index is 0.105. The van der Waals surface area contributed by atoms with E-state index in [0.717, 1.165) is 14.8 Å². The molecule has 1 N–H and O–H groups in total. The average Bonchev–Trinajstić information content (AvgIpc) is 2.82. The number of benzene rings is 2. The minimum Gasteiger partial charge on any atom is -0.345 e. The first-order valence-electron chi connectivity index (χ1n) is 10.2. The predicted molar refractivity (Wildman–Crippen MR) is 125 cm³/mol. The maximum Gasteiger partial charge on any atom is 0.352 e. The Bertz CT molecular complexity index is 1430. The summed E-state index contributed by atoms with van der Waals surface area (Å²) in [6, 6.07) is 19.3. The van der Waals surface area contributed by atoms with E-state index in [1.807, 2.05) is 13.0 Å². The van der Waals surface area contributed by atoms with Gasteiger partial charge < -0.3 is 5.32 Å². The van der Waals surface area contributed by atoms with Gasteiger partial charge in [-0.05, 0) is 48.4 Å². The van der Waals surface area contributed by atoms with E-state index in [4.69, 9.17) is 11.6 Å². The lowest BCUT2D eigenvalue weighted by atomic mass is 10.2. The highest BCUT2D eigenvalue weighted by Crippen LogP contribution is 2.15. The molecule has 0 radical (unpaired) electrons. The third kappa shape index (κ3) is 4.91. The Morgan fingerprint density at radius 2 is 1.82 bits per heavy atom. The molecule has 0 saturated carbocycles. The van der Waals surface area contributed by atoms with Crippen LogP contribution in [0.3, 0.4) is 0 Å². The molecule has 4 rings (SSSR count). The highest BCUT2D eigenvalue weighted by Gasteiger charge is 2.21. The Kier molecular flexibility index (Phi) is 6.46. The Morgan fingerprint density at radius 1 is 1.03 bits per heavy atom. The molecule has 0 aliphatic carbocycles. The van der Waals surface area contributed by atoms with Crippen LogP contribution in [0.15, 0.2) is 82.5 Å². The van der Waals surface area contributed by atoms with Gasteiger partial charge in [0.15, 0.2) is 0 Å². The molecular formula is C24H20ClN5O3. The predicted octanol–water partition coefficient (Wildman–Crippen LogP) is 2.73. The SMILES string of the molecule is Cc1cccc(-n2nc(C(=O)NCc3ccccn3)c(=O)n(Cc3ccccc3Cl)c2=O)c1. The van der Waals surface area contributed by atoms with Crippen molar-refractivity contribution in [3.63, 3.8) is 0 Å². The number of pyridine rings is 1. The van der Waals surface area contributed by atoms with Crippen molar-refractivity contribution in [2.45, 2.75) is 20.0 Å². The van der Waals surface area contributed by atoms with Crippen molar-refractivity contribution in [1.29, 1.82) is 0 Å². The van der Waals surface area contributed by atoms with Crippen LogP contribution in [0.1, 0.15) is 27.3 Å². The molecule has 0 aliphatic rings. The summed E-state index contributed by atoms with van der Waals surface area (Å²) in [6.07, 6.45) is 1.61. The van der Waals surface area contributed by atoms with E-state index in [0.29, 0.717) is 22.0 Å². The van der Waals surface area contributed by atoms with Gasteiger partial charge in [0.1, 0.15) is 0 Å². The zero-order chi connectivity index (χ0) is 23.4. The van der Waals surface area contributed by atoms with Gasteiger partial charge in [-0.3, -0.25) is 19.1 Å². The highest BCUT2D eigenvalue weighted by atomic mass is 35.5. The van der Waals surface area contributed by atoms with Gasteiger partial charge in [0, 0.05) is 11.2 Å². The number of amides is 1. The average molecular weight is 462 g/mol. The lowest BCUT2D eigenvalue weighted by Crippen LogP contribution is -2.46. The molecule has 0 bridgehead atoms. The molecule has 2 aromatic carbocycles. The third-order valence-electron chi connectivity index (χ3n) is 4.96. The lowest BCUT2D eigenvalue weighted by Gasteiger charge is -2.13.